The Labute approximate surface area is 169 Å². The first-order valence-corrected chi connectivity index (χ1v) is 10.1. The minimum Gasteiger partial charge on any atom is -0.468 e. The second-order valence-corrected chi connectivity index (χ2v) is 7.01. The van der Waals surface area contributed by atoms with E-state index in [9.17, 15) is 14.4 Å². The molecule has 0 heterocycles. The Morgan fingerprint density at radius 2 is 1.50 bits per heavy atom. The number of carbonyl (C=O) groups is 3. The van der Waals surface area contributed by atoms with E-state index in [0.29, 0.717) is 12.0 Å². The highest BCUT2D eigenvalue weighted by Gasteiger charge is 2.55. The maximum absolute atomic E-state index is 13.4. The Morgan fingerprint density at radius 1 is 0.929 bits per heavy atom. The second-order valence-electron chi connectivity index (χ2n) is 7.01. The van der Waals surface area contributed by atoms with E-state index < -0.39 is 23.1 Å². The number of unbranched alkanes of at least 4 members (excludes halogenated alkanes) is 4. The molecule has 0 atom stereocenters. The van der Waals surface area contributed by atoms with Crippen LogP contribution in [0.3, 0.4) is 0 Å². The number of hydrogen-bond acceptors (Lipinski definition) is 5. The lowest BCUT2D eigenvalue weighted by atomic mass is 9.76. The third-order valence-corrected chi connectivity index (χ3v) is 4.73. The lowest BCUT2D eigenvalue weighted by Gasteiger charge is -2.26. The van der Waals surface area contributed by atoms with Gasteiger partial charge in [-0.1, -0.05) is 45.6 Å². The molecule has 0 saturated carbocycles. The van der Waals surface area contributed by atoms with Gasteiger partial charge in [0.05, 0.1) is 14.2 Å². The zero-order valence-corrected chi connectivity index (χ0v) is 18.2. The summed E-state index contributed by atoms with van der Waals surface area (Å²) in [7, 11) is 2.31. The molecule has 0 unspecified atom stereocenters. The summed E-state index contributed by atoms with van der Waals surface area (Å²) < 4.78 is 9.62. The van der Waals surface area contributed by atoms with Gasteiger partial charge in [-0.2, -0.15) is 0 Å². The minimum absolute atomic E-state index is 0.183. The lowest BCUT2D eigenvalue weighted by molar-refractivity contribution is -0.171. The van der Waals surface area contributed by atoms with Crippen LogP contribution in [0.25, 0.3) is 0 Å². The van der Waals surface area contributed by atoms with Crippen LogP contribution >= 0.6 is 0 Å². The molecule has 0 fully saturated rings. The lowest BCUT2D eigenvalue weighted by Crippen LogP contribution is -2.48. The summed E-state index contributed by atoms with van der Waals surface area (Å²) in [5.74, 6) is -2.46. The van der Waals surface area contributed by atoms with E-state index >= 15 is 0 Å². The minimum atomic E-state index is -2.07. The molecular weight excluding hydrogens is 356 g/mol. The molecule has 5 heteroatoms. The van der Waals surface area contributed by atoms with Crippen LogP contribution < -0.4 is 0 Å². The molecule has 0 aromatic rings. The van der Waals surface area contributed by atoms with Gasteiger partial charge in [0.1, 0.15) is 0 Å². The predicted molar refractivity (Wildman–Crippen MR) is 111 cm³/mol. The number of rotatable bonds is 14. The molecule has 0 saturated heterocycles. The quantitative estimate of drug-likeness (QED) is 0.103. The van der Waals surface area contributed by atoms with Crippen LogP contribution in [0, 0.1) is 5.41 Å². The molecular formula is C23H36O5. The van der Waals surface area contributed by atoms with Crippen molar-refractivity contribution in [3.05, 3.63) is 29.5 Å². The monoisotopic (exact) mass is 392 g/mol. The Balaban J connectivity index is 6.15. The van der Waals surface area contributed by atoms with Gasteiger partial charge in [-0.15, -0.1) is 12.3 Å². The molecule has 0 aliphatic carbocycles. The van der Waals surface area contributed by atoms with E-state index in [2.05, 4.69) is 19.2 Å². The van der Waals surface area contributed by atoms with Crippen LogP contribution in [0.4, 0.5) is 0 Å². The summed E-state index contributed by atoms with van der Waals surface area (Å²) in [5, 5.41) is 0. The van der Waals surface area contributed by atoms with Crippen molar-refractivity contribution in [3.63, 3.8) is 0 Å². The van der Waals surface area contributed by atoms with Crippen LogP contribution in [0.5, 0.6) is 0 Å². The number of ether oxygens (including phenoxy) is 2. The molecule has 0 N–H and O–H groups in total. The van der Waals surface area contributed by atoms with E-state index in [-0.39, 0.29) is 6.42 Å². The van der Waals surface area contributed by atoms with Crippen molar-refractivity contribution in [1.29, 1.82) is 0 Å². The van der Waals surface area contributed by atoms with E-state index in [1.807, 2.05) is 13.8 Å². The molecule has 0 radical (unpaired) electrons. The molecule has 0 aliphatic heterocycles. The standard InChI is InChI=1S/C23H36O5/c1-7-10-12-13-14-18(4)17-19(15-11-8-2)20(24)23(16-9-3,21(25)27-5)22(26)28-6/h9H,3,7-8,10-16H2,1-2,4-6H3. The average Bonchev–Trinajstić information content (AvgIpc) is 2.70. The van der Waals surface area contributed by atoms with Gasteiger partial charge >= 0.3 is 11.9 Å². The third-order valence-electron chi connectivity index (χ3n) is 4.73. The summed E-state index contributed by atoms with van der Waals surface area (Å²) in [6.07, 6.45) is 8.55. The average molecular weight is 393 g/mol. The highest BCUT2D eigenvalue weighted by Crippen LogP contribution is 2.32. The van der Waals surface area contributed by atoms with Crippen molar-refractivity contribution >= 4 is 17.7 Å². The van der Waals surface area contributed by atoms with Gasteiger partial charge in [0.25, 0.3) is 0 Å². The first kappa shape index (κ1) is 25.9. The van der Waals surface area contributed by atoms with Gasteiger partial charge in [-0.25, -0.2) is 0 Å². The van der Waals surface area contributed by atoms with Gasteiger partial charge < -0.3 is 9.47 Å². The van der Waals surface area contributed by atoms with E-state index in [1.54, 1.807) is 0 Å². The highest BCUT2D eigenvalue weighted by molar-refractivity contribution is 6.25. The van der Waals surface area contributed by atoms with Crippen molar-refractivity contribution in [2.24, 2.45) is 5.41 Å². The fraction of sp³-hybridized carbons (Fsp3) is 0.652. The molecule has 0 spiro atoms. The van der Waals surface area contributed by atoms with Gasteiger partial charge in [0, 0.05) is 5.57 Å². The summed E-state index contributed by atoms with van der Waals surface area (Å²) in [4.78, 5) is 38.5. The van der Waals surface area contributed by atoms with Gasteiger partial charge in [-0.05, 0) is 44.6 Å². The zero-order valence-electron chi connectivity index (χ0n) is 18.2. The van der Waals surface area contributed by atoms with Crippen molar-refractivity contribution in [3.8, 4) is 0 Å². The normalized spacial score (nSPS) is 10.6. The molecule has 0 bridgehead atoms. The van der Waals surface area contributed by atoms with Crippen LogP contribution in [-0.2, 0) is 23.9 Å². The summed E-state index contributed by atoms with van der Waals surface area (Å²) in [6, 6.07) is 0. The highest BCUT2D eigenvalue weighted by atomic mass is 16.5. The molecule has 0 amide bonds. The number of esters is 2. The first-order valence-electron chi connectivity index (χ1n) is 10.1. The summed E-state index contributed by atoms with van der Waals surface area (Å²) in [6.45, 7) is 9.70. The number of Topliss-reactive ketones (excluding diaryl/α,β-unsaturated/α-hetero) is 1. The smallest absolute Gasteiger partial charge is 0.331 e. The molecule has 0 rings (SSSR count). The third kappa shape index (κ3) is 7.12. The first-order chi connectivity index (χ1) is 13.3. The molecule has 5 nitrogen and oxygen atoms in total. The summed E-state index contributed by atoms with van der Waals surface area (Å²) in [5.41, 5.74) is 2.40. The topological polar surface area (TPSA) is 69.7 Å². The Hall–Kier alpha value is -2.13. The van der Waals surface area contributed by atoms with Gasteiger partial charge in [0.15, 0.2) is 5.78 Å². The Morgan fingerprint density at radius 3 is 1.96 bits per heavy atom. The number of ketones is 1. The zero-order chi connectivity index (χ0) is 21.6. The van der Waals surface area contributed by atoms with Crippen molar-refractivity contribution in [1.82, 2.24) is 0 Å². The fourth-order valence-electron chi connectivity index (χ4n) is 3.07. The number of hydrogen-bond donors (Lipinski definition) is 0. The molecule has 158 valence electrons. The number of allylic oxidation sites excluding steroid dienone is 2. The Bertz CT molecular complexity index is 592. The molecule has 0 aromatic heterocycles. The summed E-state index contributed by atoms with van der Waals surface area (Å²) >= 11 is 0. The second kappa shape index (κ2) is 14.0. The maximum atomic E-state index is 13.4. The van der Waals surface area contributed by atoms with E-state index in [4.69, 9.17) is 9.47 Å². The van der Waals surface area contributed by atoms with Crippen molar-refractivity contribution < 1.29 is 23.9 Å². The van der Waals surface area contributed by atoms with E-state index in [0.717, 1.165) is 58.3 Å². The predicted octanol–water partition coefficient (Wildman–Crippen LogP) is 5.10. The van der Waals surface area contributed by atoms with Crippen LogP contribution in [0.1, 0.15) is 78.6 Å². The Kier molecular flexibility index (Phi) is 12.9. The number of methoxy groups -OCH3 is 2. The van der Waals surface area contributed by atoms with Crippen LogP contribution in [-0.4, -0.2) is 31.9 Å². The van der Waals surface area contributed by atoms with Gasteiger partial charge in [0.2, 0.25) is 5.41 Å². The van der Waals surface area contributed by atoms with Crippen LogP contribution in [0.15, 0.2) is 29.5 Å². The van der Waals surface area contributed by atoms with Gasteiger partial charge in [-0.3, -0.25) is 14.4 Å². The van der Waals surface area contributed by atoms with Crippen molar-refractivity contribution in [2.45, 2.75) is 78.6 Å². The van der Waals surface area contributed by atoms with Crippen LogP contribution in [0.2, 0.25) is 0 Å². The SMILES string of the molecule is C=CCC(C(=O)OC)(C(=O)OC)C(=O)C(=C=C(C)CCCCCC)CCCC. The molecule has 0 aromatic carbocycles. The fourth-order valence-corrected chi connectivity index (χ4v) is 3.07. The number of carbonyl (C=O) groups excluding carboxylic acids is 3. The van der Waals surface area contributed by atoms with Crippen molar-refractivity contribution in [2.75, 3.05) is 14.2 Å². The molecule has 0 aliphatic rings. The largest absolute Gasteiger partial charge is 0.468 e. The van der Waals surface area contributed by atoms with E-state index in [1.165, 1.54) is 12.5 Å². The molecule has 28 heavy (non-hydrogen) atoms. The maximum Gasteiger partial charge on any atom is 0.331 e.